The fourth-order valence-corrected chi connectivity index (χ4v) is 3.06. The number of carbonyl (C=O) groups excluding carboxylic acids is 2. The Morgan fingerprint density at radius 2 is 1.70 bits per heavy atom. The fraction of sp³-hybridized carbons (Fsp3) is 0.0417. The number of amides is 2. The van der Waals surface area contributed by atoms with Crippen LogP contribution in [0.5, 0.6) is 17.4 Å². The van der Waals surface area contributed by atoms with Gasteiger partial charge in [-0.3, -0.25) is 4.79 Å². The van der Waals surface area contributed by atoms with E-state index in [1.807, 2.05) is 12.1 Å². The number of halogens is 1. The number of anilines is 1. The van der Waals surface area contributed by atoms with Crippen molar-refractivity contribution in [2.75, 3.05) is 12.4 Å². The Morgan fingerprint density at radius 1 is 0.939 bits per heavy atom. The third kappa shape index (κ3) is 5.69. The Hall–Kier alpha value is -4.30. The molecule has 0 bridgehead atoms. The predicted octanol–water partition coefficient (Wildman–Crippen LogP) is 5.49. The van der Waals surface area contributed by atoms with Crippen LogP contribution in [-0.2, 0) is 0 Å². The SMILES string of the molecule is CNC(=O)Oc1cc(Oc2ccc(NC(=O)c3cc(-c4ccc(Cl)cc4)c[nH]3)cc2)ccn1. The molecule has 0 saturated heterocycles. The highest BCUT2D eigenvalue weighted by Crippen LogP contribution is 2.26. The van der Waals surface area contributed by atoms with Crippen LogP contribution in [0.3, 0.4) is 0 Å². The second-order valence-corrected chi connectivity index (χ2v) is 7.30. The smallest absolute Gasteiger partial charge is 0.413 e. The molecule has 0 aliphatic heterocycles. The number of rotatable bonds is 6. The van der Waals surface area contributed by atoms with Crippen molar-refractivity contribution in [2.24, 2.45) is 0 Å². The van der Waals surface area contributed by atoms with Gasteiger partial charge in [0.1, 0.15) is 17.2 Å². The molecule has 0 saturated carbocycles. The molecular weight excluding hydrogens is 444 g/mol. The summed E-state index contributed by atoms with van der Waals surface area (Å²) in [5, 5.41) is 5.84. The lowest BCUT2D eigenvalue weighted by Gasteiger charge is -2.09. The largest absolute Gasteiger partial charge is 0.457 e. The van der Waals surface area contributed by atoms with Gasteiger partial charge in [-0.05, 0) is 59.7 Å². The first-order valence-corrected chi connectivity index (χ1v) is 10.3. The van der Waals surface area contributed by atoms with Gasteiger partial charge in [-0.15, -0.1) is 0 Å². The number of pyridine rings is 1. The molecule has 0 spiro atoms. The maximum atomic E-state index is 12.6. The predicted molar refractivity (Wildman–Crippen MR) is 125 cm³/mol. The number of ether oxygens (including phenoxy) is 2. The van der Waals surface area contributed by atoms with E-state index in [0.717, 1.165) is 11.1 Å². The number of nitrogens with one attached hydrogen (secondary N) is 3. The summed E-state index contributed by atoms with van der Waals surface area (Å²) in [6.45, 7) is 0. The second-order valence-electron chi connectivity index (χ2n) is 6.86. The minimum absolute atomic E-state index is 0.111. The fourth-order valence-electron chi connectivity index (χ4n) is 2.93. The van der Waals surface area contributed by atoms with Crippen molar-refractivity contribution in [3.05, 3.63) is 89.8 Å². The number of aromatic amines is 1. The number of aromatic nitrogens is 2. The van der Waals surface area contributed by atoms with Gasteiger partial charge in [0.15, 0.2) is 0 Å². The number of hydrogen-bond acceptors (Lipinski definition) is 5. The van der Waals surface area contributed by atoms with Crippen molar-refractivity contribution >= 4 is 29.3 Å². The molecule has 3 N–H and O–H groups in total. The van der Waals surface area contributed by atoms with E-state index in [9.17, 15) is 9.59 Å². The van der Waals surface area contributed by atoms with E-state index in [1.54, 1.807) is 54.7 Å². The zero-order valence-electron chi connectivity index (χ0n) is 17.5. The molecule has 2 aromatic carbocycles. The third-order valence-corrected chi connectivity index (χ3v) is 4.81. The summed E-state index contributed by atoms with van der Waals surface area (Å²) < 4.78 is 10.7. The summed E-state index contributed by atoms with van der Waals surface area (Å²) >= 11 is 5.93. The van der Waals surface area contributed by atoms with E-state index in [1.165, 1.54) is 19.3 Å². The summed E-state index contributed by atoms with van der Waals surface area (Å²) in [5.74, 6) is 0.824. The molecule has 2 amide bonds. The van der Waals surface area contributed by atoms with Gasteiger partial charge in [-0.2, -0.15) is 0 Å². The molecule has 166 valence electrons. The zero-order valence-corrected chi connectivity index (χ0v) is 18.2. The molecule has 0 atom stereocenters. The third-order valence-electron chi connectivity index (χ3n) is 4.56. The van der Waals surface area contributed by atoms with Crippen LogP contribution < -0.4 is 20.1 Å². The minimum atomic E-state index is -0.623. The average Bonchev–Trinajstić information content (AvgIpc) is 3.31. The van der Waals surface area contributed by atoms with Crippen LogP contribution in [0.2, 0.25) is 5.02 Å². The number of H-pyrrole nitrogens is 1. The first kappa shape index (κ1) is 21.9. The van der Waals surface area contributed by atoms with Gasteiger partial charge in [-0.25, -0.2) is 9.78 Å². The van der Waals surface area contributed by atoms with Crippen molar-refractivity contribution < 1.29 is 19.1 Å². The summed E-state index contributed by atoms with van der Waals surface area (Å²) in [5.41, 5.74) is 2.88. The van der Waals surface area contributed by atoms with Crippen LogP contribution in [0, 0.1) is 0 Å². The van der Waals surface area contributed by atoms with E-state index < -0.39 is 6.09 Å². The van der Waals surface area contributed by atoms with Gasteiger partial charge in [0.25, 0.3) is 5.91 Å². The average molecular weight is 463 g/mol. The lowest BCUT2D eigenvalue weighted by molar-refractivity contribution is 0.102. The molecular formula is C24H19ClN4O4. The molecule has 9 heteroatoms. The van der Waals surface area contributed by atoms with Crippen LogP contribution in [0.15, 0.2) is 79.1 Å². The van der Waals surface area contributed by atoms with Crippen LogP contribution in [0.25, 0.3) is 11.1 Å². The maximum Gasteiger partial charge on any atom is 0.413 e. The summed E-state index contributed by atoms with van der Waals surface area (Å²) in [4.78, 5) is 30.8. The molecule has 0 unspecified atom stereocenters. The highest BCUT2D eigenvalue weighted by molar-refractivity contribution is 6.30. The monoisotopic (exact) mass is 462 g/mol. The van der Waals surface area contributed by atoms with Crippen LogP contribution >= 0.6 is 11.6 Å². The van der Waals surface area contributed by atoms with E-state index >= 15 is 0 Å². The topological polar surface area (TPSA) is 105 Å². The Labute approximate surface area is 194 Å². The number of nitrogens with zero attached hydrogens (tertiary/aromatic N) is 1. The molecule has 33 heavy (non-hydrogen) atoms. The van der Waals surface area contributed by atoms with E-state index in [2.05, 4.69) is 20.6 Å². The van der Waals surface area contributed by atoms with Crippen molar-refractivity contribution in [1.82, 2.24) is 15.3 Å². The standard InChI is InChI=1S/C24H19ClN4O4/c1-26-24(31)33-22-13-20(10-11-27-22)32-19-8-6-18(7-9-19)29-23(30)21-12-16(14-28-21)15-2-4-17(25)5-3-15/h2-14,28H,1H3,(H,26,31)(H,29,30). The number of carbonyl (C=O) groups is 2. The van der Waals surface area contributed by atoms with E-state index in [0.29, 0.717) is 27.9 Å². The van der Waals surface area contributed by atoms with E-state index in [4.69, 9.17) is 21.1 Å². The maximum absolute atomic E-state index is 12.6. The molecule has 0 fully saturated rings. The van der Waals surface area contributed by atoms with Crippen LogP contribution in [0.4, 0.5) is 10.5 Å². The van der Waals surface area contributed by atoms with Crippen LogP contribution in [0.1, 0.15) is 10.5 Å². The number of hydrogen-bond donors (Lipinski definition) is 3. The van der Waals surface area contributed by atoms with Crippen molar-refractivity contribution in [3.63, 3.8) is 0 Å². The van der Waals surface area contributed by atoms with Crippen LogP contribution in [-0.4, -0.2) is 29.0 Å². The zero-order chi connectivity index (χ0) is 23.2. The van der Waals surface area contributed by atoms with Gasteiger partial charge in [0.05, 0.1) is 0 Å². The minimum Gasteiger partial charge on any atom is -0.457 e. The normalized spacial score (nSPS) is 10.4. The van der Waals surface area contributed by atoms with Crippen molar-refractivity contribution in [3.8, 4) is 28.5 Å². The summed E-state index contributed by atoms with van der Waals surface area (Å²) in [6, 6.07) is 19.2. The molecule has 4 aromatic rings. The van der Waals surface area contributed by atoms with Crippen molar-refractivity contribution in [1.29, 1.82) is 0 Å². The highest BCUT2D eigenvalue weighted by atomic mass is 35.5. The molecule has 0 radical (unpaired) electrons. The van der Waals surface area contributed by atoms with Gasteiger partial charge < -0.3 is 25.1 Å². The Balaban J connectivity index is 1.38. The Bertz CT molecular complexity index is 1270. The van der Waals surface area contributed by atoms with Gasteiger partial charge >= 0.3 is 6.09 Å². The highest BCUT2D eigenvalue weighted by Gasteiger charge is 2.11. The van der Waals surface area contributed by atoms with Gasteiger partial charge in [0.2, 0.25) is 5.88 Å². The Morgan fingerprint density at radius 3 is 2.42 bits per heavy atom. The lowest BCUT2D eigenvalue weighted by Crippen LogP contribution is -2.22. The van der Waals surface area contributed by atoms with E-state index in [-0.39, 0.29) is 11.8 Å². The molecule has 0 aliphatic carbocycles. The quantitative estimate of drug-likeness (QED) is 0.351. The summed E-state index contributed by atoms with van der Waals surface area (Å²) in [7, 11) is 1.46. The molecule has 0 aliphatic rings. The van der Waals surface area contributed by atoms with Gasteiger partial charge in [0, 0.05) is 36.2 Å². The first-order chi connectivity index (χ1) is 16.0. The first-order valence-electron chi connectivity index (χ1n) is 9.89. The summed E-state index contributed by atoms with van der Waals surface area (Å²) in [6.07, 6.45) is 2.62. The second kappa shape index (κ2) is 9.88. The number of benzene rings is 2. The molecule has 8 nitrogen and oxygen atoms in total. The Kier molecular flexibility index (Phi) is 6.56. The van der Waals surface area contributed by atoms with Gasteiger partial charge in [-0.1, -0.05) is 23.7 Å². The van der Waals surface area contributed by atoms with Crippen molar-refractivity contribution in [2.45, 2.75) is 0 Å². The lowest BCUT2D eigenvalue weighted by atomic mass is 10.1. The molecule has 2 heterocycles. The molecule has 2 aromatic heterocycles. The molecule has 4 rings (SSSR count).